The quantitative estimate of drug-likeness (QED) is 0.710. The molecule has 7 heteroatoms. The third-order valence-electron chi connectivity index (χ3n) is 5.88. The van der Waals surface area contributed by atoms with Gasteiger partial charge in [0.05, 0.1) is 4.90 Å². The highest BCUT2D eigenvalue weighted by molar-refractivity contribution is 7.89. The fraction of sp³-hybridized carbons (Fsp3) is 0.435. The van der Waals surface area contributed by atoms with Gasteiger partial charge in [0.2, 0.25) is 10.0 Å². The number of hydrogen-bond donors (Lipinski definition) is 1. The van der Waals surface area contributed by atoms with Crippen molar-refractivity contribution >= 4 is 27.3 Å². The van der Waals surface area contributed by atoms with Gasteiger partial charge in [0.1, 0.15) is 0 Å². The number of rotatable bonds is 7. The van der Waals surface area contributed by atoms with E-state index < -0.39 is 10.0 Å². The molecular formula is C23H31N3O3S. The minimum atomic E-state index is -3.64. The first-order valence-corrected chi connectivity index (χ1v) is 12.0. The molecule has 3 rings (SSSR count). The van der Waals surface area contributed by atoms with Crippen LogP contribution in [0.2, 0.25) is 0 Å². The Morgan fingerprint density at radius 3 is 2.43 bits per heavy atom. The van der Waals surface area contributed by atoms with Gasteiger partial charge < -0.3 is 10.2 Å². The van der Waals surface area contributed by atoms with E-state index in [2.05, 4.69) is 17.1 Å². The molecule has 1 aliphatic rings. The molecule has 0 aliphatic heterocycles. The van der Waals surface area contributed by atoms with Crippen molar-refractivity contribution < 1.29 is 13.2 Å². The molecule has 0 heterocycles. The number of nitrogens with one attached hydrogen (secondary N) is 1. The standard InChI is InChI=1S/C23H31N3O3S/c1-4-25(2)21-14-9-11-19(17-21)24-23(27)18-10-8-15-22(16-18)30(28,29)26(3)20-12-6-5-7-13-20/h8-11,14-17,20H,4-7,12-13H2,1-3H3,(H,24,27). The maximum absolute atomic E-state index is 13.1. The zero-order valence-corrected chi connectivity index (χ0v) is 18.8. The summed E-state index contributed by atoms with van der Waals surface area (Å²) < 4.78 is 27.7. The smallest absolute Gasteiger partial charge is 0.255 e. The minimum Gasteiger partial charge on any atom is -0.375 e. The molecule has 30 heavy (non-hydrogen) atoms. The van der Waals surface area contributed by atoms with Gasteiger partial charge in [-0.15, -0.1) is 0 Å². The molecular weight excluding hydrogens is 398 g/mol. The van der Waals surface area contributed by atoms with Crippen LogP contribution < -0.4 is 10.2 Å². The summed E-state index contributed by atoms with van der Waals surface area (Å²) >= 11 is 0. The van der Waals surface area contributed by atoms with E-state index in [1.165, 1.54) is 10.4 Å². The lowest BCUT2D eigenvalue weighted by Gasteiger charge is -2.30. The summed E-state index contributed by atoms with van der Waals surface area (Å²) in [6, 6.07) is 13.9. The van der Waals surface area contributed by atoms with Crippen molar-refractivity contribution in [1.29, 1.82) is 0 Å². The zero-order valence-electron chi connectivity index (χ0n) is 18.0. The molecule has 0 aromatic heterocycles. The van der Waals surface area contributed by atoms with E-state index in [1.54, 1.807) is 25.2 Å². The maximum atomic E-state index is 13.1. The molecule has 0 saturated heterocycles. The first kappa shape index (κ1) is 22.3. The Morgan fingerprint density at radius 2 is 1.73 bits per heavy atom. The zero-order chi connectivity index (χ0) is 21.7. The predicted octanol–water partition coefficient (Wildman–Crippen LogP) is 4.35. The lowest BCUT2D eigenvalue weighted by Crippen LogP contribution is -2.38. The van der Waals surface area contributed by atoms with Gasteiger partial charge in [-0.05, 0) is 56.2 Å². The van der Waals surface area contributed by atoms with Gasteiger partial charge in [-0.2, -0.15) is 4.31 Å². The molecule has 0 atom stereocenters. The van der Waals surface area contributed by atoms with E-state index in [0.29, 0.717) is 11.3 Å². The van der Waals surface area contributed by atoms with E-state index in [4.69, 9.17) is 0 Å². The molecule has 0 unspecified atom stereocenters. The molecule has 0 spiro atoms. The van der Waals surface area contributed by atoms with Gasteiger partial charge in [-0.3, -0.25) is 4.79 Å². The lowest BCUT2D eigenvalue weighted by atomic mass is 9.96. The van der Waals surface area contributed by atoms with Gasteiger partial charge in [0, 0.05) is 43.6 Å². The van der Waals surface area contributed by atoms with Crippen LogP contribution in [0.15, 0.2) is 53.4 Å². The van der Waals surface area contributed by atoms with Gasteiger partial charge in [0.15, 0.2) is 0 Å². The lowest BCUT2D eigenvalue weighted by molar-refractivity contribution is 0.102. The number of nitrogens with zero attached hydrogens (tertiary/aromatic N) is 2. The number of sulfonamides is 1. The normalized spacial score (nSPS) is 15.2. The molecule has 1 N–H and O–H groups in total. The number of carbonyl (C=O) groups excluding carboxylic acids is 1. The Morgan fingerprint density at radius 1 is 1.03 bits per heavy atom. The van der Waals surface area contributed by atoms with Gasteiger partial charge in [-0.25, -0.2) is 8.42 Å². The van der Waals surface area contributed by atoms with Crippen LogP contribution in [0.5, 0.6) is 0 Å². The molecule has 2 aromatic carbocycles. The monoisotopic (exact) mass is 429 g/mol. The van der Waals surface area contributed by atoms with E-state index in [-0.39, 0.29) is 16.8 Å². The number of hydrogen-bond acceptors (Lipinski definition) is 4. The molecule has 0 bridgehead atoms. The summed E-state index contributed by atoms with van der Waals surface area (Å²) in [5.41, 5.74) is 1.99. The largest absolute Gasteiger partial charge is 0.375 e. The Hall–Kier alpha value is -2.38. The molecule has 1 fully saturated rings. The van der Waals surface area contributed by atoms with Crippen LogP contribution in [-0.4, -0.2) is 45.3 Å². The van der Waals surface area contributed by atoms with Gasteiger partial charge in [0.25, 0.3) is 5.91 Å². The van der Waals surface area contributed by atoms with Crippen LogP contribution >= 0.6 is 0 Å². The molecule has 162 valence electrons. The second-order valence-electron chi connectivity index (χ2n) is 7.86. The Bertz CT molecular complexity index is 985. The third-order valence-corrected chi connectivity index (χ3v) is 7.79. The number of amides is 1. The average Bonchev–Trinajstić information content (AvgIpc) is 2.78. The fourth-order valence-electron chi connectivity index (χ4n) is 3.81. The van der Waals surface area contributed by atoms with Crippen LogP contribution in [0.25, 0.3) is 0 Å². The highest BCUT2D eigenvalue weighted by Crippen LogP contribution is 2.27. The topological polar surface area (TPSA) is 69.7 Å². The predicted molar refractivity (Wildman–Crippen MR) is 122 cm³/mol. The number of carbonyl (C=O) groups is 1. The van der Waals surface area contributed by atoms with Gasteiger partial charge >= 0.3 is 0 Å². The molecule has 1 saturated carbocycles. The van der Waals surface area contributed by atoms with E-state index in [1.807, 2.05) is 31.3 Å². The summed E-state index contributed by atoms with van der Waals surface area (Å²) in [6.07, 6.45) is 5.05. The summed E-state index contributed by atoms with van der Waals surface area (Å²) in [7, 11) is -0.0113. The second-order valence-corrected chi connectivity index (χ2v) is 9.86. The van der Waals surface area contributed by atoms with Gasteiger partial charge in [-0.1, -0.05) is 31.4 Å². The van der Waals surface area contributed by atoms with Crippen molar-refractivity contribution in [3.8, 4) is 0 Å². The first-order chi connectivity index (χ1) is 14.3. The van der Waals surface area contributed by atoms with E-state index >= 15 is 0 Å². The molecule has 0 radical (unpaired) electrons. The molecule has 1 aliphatic carbocycles. The van der Waals surface area contributed by atoms with Crippen LogP contribution in [0, 0.1) is 0 Å². The maximum Gasteiger partial charge on any atom is 0.255 e. The molecule has 1 amide bonds. The van der Waals surface area contributed by atoms with Crippen LogP contribution in [0.4, 0.5) is 11.4 Å². The summed E-state index contributed by atoms with van der Waals surface area (Å²) in [5, 5.41) is 2.87. The van der Waals surface area contributed by atoms with Crippen molar-refractivity contribution in [2.75, 3.05) is 30.9 Å². The highest BCUT2D eigenvalue weighted by atomic mass is 32.2. The SMILES string of the molecule is CCN(C)c1cccc(NC(=O)c2cccc(S(=O)(=O)N(C)C3CCCCC3)c2)c1. The minimum absolute atomic E-state index is 0.0273. The Kier molecular flexibility index (Phi) is 7.15. The van der Waals surface area contributed by atoms with E-state index in [0.717, 1.165) is 44.3 Å². The van der Waals surface area contributed by atoms with Crippen molar-refractivity contribution in [2.24, 2.45) is 0 Å². The summed E-state index contributed by atoms with van der Waals surface area (Å²) in [6.45, 7) is 2.91. The second kappa shape index (κ2) is 9.62. The Balaban J connectivity index is 1.78. The van der Waals surface area contributed by atoms with Crippen molar-refractivity contribution in [1.82, 2.24) is 4.31 Å². The van der Waals surface area contributed by atoms with Crippen LogP contribution in [0.1, 0.15) is 49.4 Å². The molecule has 6 nitrogen and oxygen atoms in total. The number of benzene rings is 2. The summed E-state index contributed by atoms with van der Waals surface area (Å²) in [4.78, 5) is 15.0. The number of anilines is 2. The molecule has 2 aromatic rings. The van der Waals surface area contributed by atoms with Crippen LogP contribution in [-0.2, 0) is 10.0 Å². The first-order valence-electron chi connectivity index (χ1n) is 10.5. The highest BCUT2D eigenvalue weighted by Gasteiger charge is 2.29. The van der Waals surface area contributed by atoms with Crippen molar-refractivity contribution in [2.45, 2.75) is 50.0 Å². The fourth-order valence-corrected chi connectivity index (χ4v) is 5.27. The van der Waals surface area contributed by atoms with Crippen LogP contribution in [0.3, 0.4) is 0 Å². The third kappa shape index (κ3) is 5.02. The van der Waals surface area contributed by atoms with Crippen molar-refractivity contribution in [3.05, 3.63) is 54.1 Å². The van der Waals surface area contributed by atoms with Crippen molar-refractivity contribution in [3.63, 3.8) is 0 Å². The summed E-state index contributed by atoms with van der Waals surface area (Å²) in [5.74, 6) is -0.330. The Labute approximate surface area is 179 Å². The van der Waals surface area contributed by atoms with E-state index in [9.17, 15) is 13.2 Å². The average molecular weight is 430 g/mol.